The van der Waals surface area contributed by atoms with Crippen LogP contribution in [-0.2, 0) is 9.47 Å². The molecule has 1 fully saturated rings. The maximum atomic E-state index is 12.1. The number of amides is 4. The zero-order valence-electron chi connectivity index (χ0n) is 17.4. The summed E-state index contributed by atoms with van der Waals surface area (Å²) in [6.45, 7) is 15.6. The first-order chi connectivity index (χ1) is 13.2. The first-order valence-electron chi connectivity index (χ1n) is 9.71. The maximum absolute atomic E-state index is 12.1. The molecular formula is C20H36N4O4. The van der Waals surface area contributed by atoms with Crippen LogP contribution in [0.4, 0.5) is 9.59 Å². The zero-order chi connectivity index (χ0) is 21.0. The lowest BCUT2D eigenvalue weighted by molar-refractivity contribution is 0.0748. The number of hydrogen-bond acceptors (Lipinski definition) is 4. The highest BCUT2D eigenvalue weighted by atomic mass is 16.5. The Hall–Kier alpha value is -2.38. The van der Waals surface area contributed by atoms with Crippen molar-refractivity contribution in [1.82, 2.24) is 21.3 Å². The molecule has 0 aromatic heterocycles. The normalized spacial score (nSPS) is 23.0. The highest BCUT2D eigenvalue weighted by molar-refractivity contribution is 5.74. The molecule has 2 unspecified atom stereocenters. The molecule has 2 atom stereocenters. The smallest absolute Gasteiger partial charge is 0.315 e. The van der Waals surface area contributed by atoms with Gasteiger partial charge in [-0.2, -0.15) is 0 Å². The summed E-state index contributed by atoms with van der Waals surface area (Å²) in [5.74, 6) is 0. The SMILES string of the molecule is C=COCCNC(=O)NCC1(C)CC(NC(=O)NCCOC=C)CC(C)(C)C1. The summed E-state index contributed by atoms with van der Waals surface area (Å²) >= 11 is 0. The van der Waals surface area contributed by atoms with Gasteiger partial charge in [0.25, 0.3) is 0 Å². The van der Waals surface area contributed by atoms with Gasteiger partial charge in [-0.3, -0.25) is 0 Å². The van der Waals surface area contributed by atoms with Gasteiger partial charge in [-0.25, -0.2) is 9.59 Å². The average Bonchev–Trinajstić information content (AvgIpc) is 2.59. The van der Waals surface area contributed by atoms with Crippen molar-refractivity contribution in [2.24, 2.45) is 10.8 Å². The van der Waals surface area contributed by atoms with Crippen molar-refractivity contribution in [3.8, 4) is 0 Å². The summed E-state index contributed by atoms with van der Waals surface area (Å²) in [5.41, 5.74) is -0.0482. The van der Waals surface area contributed by atoms with Gasteiger partial charge < -0.3 is 30.7 Å². The van der Waals surface area contributed by atoms with Gasteiger partial charge in [-0.15, -0.1) is 0 Å². The van der Waals surface area contributed by atoms with Crippen LogP contribution in [0.5, 0.6) is 0 Å². The molecule has 4 N–H and O–H groups in total. The summed E-state index contributed by atoms with van der Waals surface area (Å²) < 4.78 is 9.98. The minimum atomic E-state index is -0.221. The van der Waals surface area contributed by atoms with Crippen LogP contribution < -0.4 is 21.3 Å². The van der Waals surface area contributed by atoms with Crippen LogP contribution in [0.1, 0.15) is 40.0 Å². The molecule has 28 heavy (non-hydrogen) atoms. The second-order valence-corrected chi connectivity index (χ2v) is 8.34. The van der Waals surface area contributed by atoms with E-state index in [1.807, 2.05) is 0 Å². The van der Waals surface area contributed by atoms with Gasteiger partial charge in [0, 0.05) is 12.6 Å². The fourth-order valence-corrected chi connectivity index (χ4v) is 4.08. The summed E-state index contributed by atoms with van der Waals surface area (Å²) in [6.07, 6.45) is 5.36. The van der Waals surface area contributed by atoms with Gasteiger partial charge in [0.05, 0.1) is 25.6 Å². The van der Waals surface area contributed by atoms with E-state index in [1.165, 1.54) is 12.5 Å². The Morgan fingerprint density at radius 1 is 0.964 bits per heavy atom. The quantitative estimate of drug-likeness (QED) is 0.318. The van der Waals surface area contributed by atoms with Gasteiger partial charge >= 0.3 is 12.1 Å². The molecule has 8 heteroatoms. The van der Waals surface area contributed by atoms with E-state index in [4.69, 9.17) is 9.47 Å². The first kappa shape index (κ1) is 23.7. The standard InChI is InChI=1S/C20H36N4O4/c1-6-27-10-8-21-17(25)23-15-20(5)13-16(12-19(3,4)14-20)24-18(26)22-9-11-28-7-2/h6-7,16H,1-2,8-15H2,3-5H3,(H2,21,23,25)(H2,22,24,26). The Balaban J connectivity index is 2.49. The lowest BCUT2D eigenvalue weighted by atomic mass is 9.62. The first-order valence-corrected chi connectivity index (χ1v) is 9.71. The van der Waals surface area contributed by atoms with E-state index in [9.17, 15) is 9.59 Å². The van der Waals surface area contributed by atoms with Crippen molar-refractivity contribution in [3.05, 3.63) is 25.7 Å². The number of carbonyl (C=O) groups is 2. The molecule has 8 nitrogen and oxygen atoms in total. The molecule has 0 aliphatic heterocycles. The Bertz CT molecular complexity index is 538. The molecule has 0 spiro atoms. The van der Waals surface area contributed by atoms with E-state index in [-0.39, 0.29) is 28.9 Å². The predicted molar refractivity (Wildman–Crippen MR) is 110 cm³/mol. The largest absolute Gasteiger partial charge is 0.500 e. The third-order valence-corrected chi connectivity index (χ3v) is 4.70. The molecule has 1 saturated carbocycles. The molecule has 1 rings (SSSR count). The summed E-state index contributed by atoms with van der Waals surface area (Å²) in [4.78, 5) is 24.1. The van der Waals surface area contributed by atoms with Crippen LogP contribution in [0.25, 0.3) is 0 Å². The Morgan fingerprint density at radius 2 is 1.54 bits per heavy atom. The Kier molecular flexibility index (Phi) is 9.68. The van der Waals surface area contributed by atoms with Crippen molar-refractivity contribution in [1.29, 1.82) is 0 Å². The average molecular weight is 397 g/mol. The van der Waals surface area contributed by atoms with Crippen molar-refractivity contribution in [2.45, 2.75) is 46.1 Å². The third-order valence-electron chi connectivity index (χ3n) is 4.70. The van der Waals surface area contributed by atoms with Crippen LogP contribution >= 0.6 is 0 Å². The third kappa shape index (κ3) is 9.53. The molecule has 0 saturated heterocycles. The van der Waals surface area contributed by atoms with Gasteiger partial charge in [-0.05, 0) is 30.1 Å². The van der Waals surface area contributed by atoms with Gasteiger partial charge in [-0.1, -0.05) is 33.9 Å². The van der Waals surface area contributed by atoms with Crippen LogP contribution in [0.3, 0.4) is 0 Å². The second-order valence-electron chi connectivity index (χ2n) is 8.34. The van der Waals surface area contributed by atoms with E-state index in [0.717, 1.165) is 19.3 Å². The minimum Gasteiger partial charge on any atom is -0.500 e. The number of nitrogens with one attached hydrogen (secondary N) is 4. The number of urea groups is 2. The topological polar surface area (TPSA) is 101 Å². The molecular weight excluding hydrogens is 360 g/mol. The van der Waals surface area contributed by atoms with E-state index >= 15 is 0 Å². The Morgan fingerprint density at radius 3 is 2.11 bits per heavy atom. The molecule has 0 heterocycles. The van der Waals surface area contributed by atoms with Crippen LogP contribution in [0.2, 0.25) is 0 Å². The lowest BCUT2D eigenvalue weighted by Gasteiger charge is -2.46. The molecule has 4 amide bonds. The number of ether oxygens (including phenoxy) is 2. The highest BCUT2D eigenvalue weighted by Crippen LogP contribution is 2.45. The Labute approximate surface area is 168 Å². The maximum Gasteiger partial charge on any atom is 0.315 e. The zero-order valence-corrected chi connectivity index (χ0v) is 17.4. The predicted octanol–water partition coefficient (Wildman–Crippen LogP) is 2.49. The van der Waals surface area contributed by atoms with Crippen molar-refractivity contribution < 1.29 is 19.1 Å². The molecule has 0 aromatic carbocycles. The van der Waals surface area contributed by atoms with Crippen molar-refractivity contribution in [2.75, 3.05) is 32.8 Å². The van der Waals surface area contributed by atoms with Crippen molar-refractivity contribution in [3.63, 3.8) is 0 Å². The lowest BCUT2D eigenvalue weighted by Crippen LogP contribution is -2.53. The molecule has 0 bridgehead atoms. The summed E-state index contributed by atoms with van der Waals surface area (Å²) in [6, 6.07) is -0.382. The van der Waals surface area contributed by atoms with E-state index < -0.39 is 0 Å². The van der Waals surface area contributed by atoms with Crippen LogP contribution in [0, 0.1) is 10.8 Å². The molecule has 1 aliphatic rings. The van der Waals surface area contributed by atoms with Crippen LogP contribution in [0.15, 0.2) is 25.7 Å². The summed E-state index contributed by atoms with van der Waals surface area (Å²) in [5, 5.41) is 11.5. The molecule has 0 aromatic rings. The number of hydrogen-bond donors (Lipinski definition) is 4. The number of carbonyl (C=O) groups excluding carboxylic acids is 2. The van der Waals surface area contributed by atoms with Crippen molar-refractivity contribution >= 4 is 12.1 Å². The highest BCUT2D eigenvalue weighted by Gasteiger charge is 2.41. The van der Waals surface area contributed by atoms with E-state index in [2.05, 4.69) is 55.2 Å². The molecule has 1 aliphatic carbocycles. The van der Waals surface area contributed by atoms with E-state index in [0.29, 0.717) is 32.8 Å². The van der Waals surface area contributed by atoms with E-state index in [1.54, 1.807) is 0 Å². The minimum absolute atomic E-state index is 0.0416. The van der Waals surface area contributed by atoms with Gasteiger partial charge in [0.15, 0.2) is 0 Å². The summed E-state index contributed by atoms with van der Waals surface area (Å²) in [7, 11) is 0. The van der Waals surface area contributed by atoms with Gasteiger partial charge in [0.2, 0.25) is 0 Å². The molecule has 0 radical (unpaired) electrons. The second kappa shape index (κ2) is 11.5. The molecule has 160 valence electrons. The van der Waals surface area contributed by atoms with Crippen LogP contribution in [-0.4, -0.2) is 51.0 Å². The number of rotatable bonds is 11. The monoisotopic (exact) mass is 396 g/mol. The fourth-order valence-electron chi connectivity index (χ4n) is 4.08. The van der Waals surface area contributed by atoms with Gasteiger partial charge in [0.1, 0.15) is 13.2 Å². The fraction of sp³-hybridized carbons (Fsp3) is 0.700.